The molecule has 4 rings (SSSR count). The van der Waals surface area contributed by atoms with Crippen molar-refractivity contribution in [1.29, 1.82) is 0 Å². The van der Waals surface area contributed by atoms with Crippen LogP contribution in [-0.2, 0) is 19.2 Å². The molecule has 0 saturated carbocycles. The predicted molar refractivity (Wildman–Crippen MR) is 107 cm³/mol. The molecule has 0 bridgehead atoms. The largest absolute Gasteiger partial charge is 0.494 e. The summed E-state index contributed by atoms with van der Waals surface area (Å²) in [5.41, 5.74) is 3.41. The van der Waals surface area contributed by atoms with Gasteiger partial charge in [-0.05, 0) is 26.0 Å². The molecular weight excluding hydrogens is 358 g/mol. The zero-order valence-corrected chi connectivity index (χ0v) is 16.6. The van der Waals surface area contributed by atoms with Gasteiger partial charge < -0.3 is 14.0 Å². The highest BCUT2D eigenvalue weighted by Crippen LogP contribution is 2.37. The first-order valence-electron chi connectivity index (χ1n) is 9.18. The third-order valence-electron chi connectivity index (χ3n) is 4.60. The van der Waals surface area contributed by atoms with Gasteiger partial charge >= 0.3 is 0 Å². The van der Waals surface area contributed by atoms with E-state index in [9.17, 15) is 0 Å². The van der Waals surface area contributed by atoms with E-state index >= 15 is 0 Å². The number of thioether (sulfide) groups is 1. The van der Waals surface area contributed by atoms with Crippen molar-refractivity contribution in [1.82, 2.24) is 14.8 Å². The van der Waals surface area contributed by atoms with Gasteiger partial charge in [0.1, 0.15) is 17.6 Å². The summed E-state index contributed by atoms with van der Waals surface area (Å²) in [5.74, 6) is 3.53. The van der Waals surface area contributed by atoms with Gasteiger partial charge in [-0.3, -0.25) is 0 Å². The van der Waals surface area contributed by atoms with Crippen LogP contribution < -0.4 is 9.47 Å². The van der Waals surface area contributed by atoms with E-state index in [2.05, 4.69) is 29.3 Å². The van der Waals surface area contributed by atoms with Gasteiger partial charge in [0, 0.05) is 35.9 Å². The van der Waals surface area contributed by atoms with Crippen LogP contribution in [0.25, 0.3) is 11.4 Å². The van der Waals surface area contributed by atoms with Gasteiger partial charge in [-0.1, -0.05) is 42.1 Å². The van der Waals surface area contributed by atoms with Crippen LogP contribution in [0, 0.1) is 0 Å². The lowest BCUT2D eigenvalue weighted by atomic mass is 10.1. The Kier molecular flexibility index (Phi) is 5.07. The normalized spacial score (nSPS) is 15.4. The van der Waals surface area contributed by atoms with Crippen molar-refractivity contribution in [3.8, 4) is 22.9 Å². The van der Waals surface area contributed by atoms with E-state index in [1.165, 1.54) is 5.56 Å². The van der Waals surface area contributed by atoms with Crippen molar-refractivity contribution in [2.24, 2.45) is 7.05 Å². The van der Waals surface area contributed by atoms with Crippen LogP contribution in [0.1, 0.15) is 25.0 Å². The molecule has 1 atom stereocenters. The highest BCUT2D eigenvalue weighted by atomic mass is 32.2. The zero-order chi connectivity index (χ0) is 18.8. The van der Waals surface area contributed by atoms with Gasteiger partial charge in [0.2, 0.25) is 0 Å². The summed E-state index contributed by atoms with van der Waals surface area (Å²) in [6.45, 7) is 4.76. The van der Waals surface area contributed by atoms with Gasteiger partial charge in [-0.2, -0.15) is 0 Å². The zero-order valence-electron chi connectivity index (χ0n) is 15.8. The summed E-state index contributed by atoms with van der Waals surface area (Å²) in [7, 11) is 2.00. The maximum absolute atomic E-state index is 5.92. The average Bonchev–Trinajstić information content (AvgIpc) is 3.22. The molecule has 2 aromatic carbocycles. The summed E-state index contributed by atoms with van der Waals surface area (Å²) in [5, 5.41) is 9.61. The lowest BCUT2D eigenvalue weighted by molar-refractivity contribution is 0.254. The van der Waals surface area contributed by atoms with Gasteiger partial charge in [-0.15, -0.1) is 10.2 Å². The lowest BCUT2D eigenvalue weighted by Crippen LogP contribution is -2.05. The van der Waals surface area contributed by atoms with E-state index < -0.39 is 0 Å². The second-order valence-corrected chi connectivity index (χ2v) is 7.60. The van der Waals surface area contributed by atoms with Crippen LogP contribution in [0.5, 0.6) is 11.5 Å². The fraction of sp³-hybridized carbons (Fsp3) is 0.333. The van der Waals surface area contributed by atoms with E-state index in [0.717, 1.165) is 45.8 Å². The Labute approximate surface area is 163 Å². The van der Waals surface area contributed by atoms with Crippen LogP contribution in [0.4, 0.5) is 0 Å². The van der Waals surface area contributed by atoms with E-state index in [-0.39, 0.29) is 6.10 Å². The standard InChI is InChI=1S/C21H23N3O2S/c1-4-25-18-11-16-10-14(2)26-19(16)12-17(18)13-27-21-23-22-20(24(21)3)15-8-6-5-7-9-15/h5-9,11-12,14H,4,10,13H2,1-3H3/t14-/m0/s1. The first-order chi connectivity index (χ1) is 13.2. The van der Waals surface area contributed by atoms with Crippen LogP contribution >= 0.6 is 11.8 Å². The molecule has 0 radical (unpaired) electrons. The molecule has 0 unspecified atom stereocenters. The Morgan fingerprint density at radius 2 is 2.04 bits per heavy atom. The van der Waals surface area contributed by atoms with E-state index in [1.807, 2.05) is 48.9 Å². The molecule has 140 valence electrons. The Bertz CT molecular complexity index is 940. The van der Waals surface area contributed by atoms with Crippen LogP contribution in [0.15, 0.2) is 47.6 Å². The molecule has 0 saturated heterocycles. The SMILES string of the molecule is CCOc1cc2c(cc1CSc1nnc(-c3ccccc3)n1C)O[C@@H](C)C2. The molecule has 27 heavy (non-hydrogen) atoms. The number of fused-ring (bicyclic) bond motifs is 1. The number of aromatic nitrogens is 3. The number of rotatable bonds is 6. The molecule has 0 aliphatic carbocycles. The summed E-state index contributed by atoms with van der Waals surface area (Å²) in [6, 6.07) is 14.4. The highest BCUT2D eigenvalue weighted by Gasteiger charge is 2.22. The first-order valence-corrected chi connectivity index (χ1v) is 10.2. The van der Waals surface area contributed by atoms with Gasteiger partial charge in [-0.25, -0.2) is 0 Å². The second-order valence-electron chi connectivity index (χ2n) is 6.65. The predicted octanol–water partition coefficient (Wildman–Crippen LogP) is 4.50. The van der Waals surface area contributed by atoms with Crippen molar-refractivity contribution in [3.63, 3.8) is 0 Å². The Morgan fingerprint density at radius 1 is 1.22 bits per heavy atom. The molecule has 0 fully saturated rings. The number of hydrogen-bond donors (Lipinski definition) is 0. The quantitative estimate of drug-likeness (QED) is 0.589. The van der Waals surface area contributed by atoms with Gasteiger partial charge in [0.25, 0.3) is 0 Å². The third kappa shape index (κ3) is 3.67. The van der Waals surface area contributed by atoms with Crippen molar-refractivity contribution < 1.29 is 9.47 Å². The fourth-order valence-corrected chi connectivity index (χ4v) is 4.19. The van der Waals surface area contributed by atoms with Crippen molar-refractivity contribution in [2.75, 3.05) is 6.61 Å². The topological polar surface area (TPSA) is 49.2 Å². The number of ether oxygens (including phenoxy) is 2. The Balaban J connectivity index is 1.56. The smallest absolute Gasteiger partial charge is 0.191 e. The summed E-state index contributed by atoms with van der Waals surface area (Å²) in [4.78, 5) is 0. The molecule has 0 spiro atoms. The van der Waals surface area contributed by atoms with Crippen molar-refractivity contribution in [3.05, 3.63) is 53.6 Å². The fourth-order valence-electron chi connectivity index (χ4n) is 3.31. The van der Waals surface area contributed by atoms with Crippen LogP contribution in [0.3, 0.4) is 0 Å². The first kappa shape index (κ1) is 17.9. The van der Waals surface area contributed by atoms with Gasteiger partial charge in [0.05, 0.1) is 6.61 Å². The maximum atomic E-state index is 5.92. The van der Waals surface area contributed by atoms with Crippen molar-refractivity contribution >= 4 is 11.8 Å². The summed E-state index contributed by atoms with van der Waals surface area (Å²) >= 11 is 1.66. The number of nitrogens with zero attached hydrogens (tertiary/aromatic N) is 3. The van der Waals surface area contributed by atoms with Crippen molar-refractivity contribution in [2.45, 2.75) is 37.3 Å². The molecule has 6 heteroatoms. The summed E-state index contributed by atoms with van der Waals surface area (Å²) < 4.78 is 13.8. The molecule has 1 aliphatic rings. The molecule has 3 aromatic rings. The number of hydrogen-bond acceptors (Lipinski definition) is 5. The molecule has 0 N–H and O–H groups in total. The molecule has 0 amide bonds. The van der Waals surface area contributed by atoms with Crippen LogP contribution in [-0.4, -0.2) is 27.5 Å². The minimum absolute atomic E-state index is 0.226. The van der Waals surface area contributed by atoms with E-state index in [0.29, 0.717) is 6.61 Å². The number of benzene rings is 2. The Morgan fingerprint density at radius 3 is 2.81 bits per heavy atom. The molecular formula is C21H23N3O2S. The average molecular weight is 382 g/mol. The molecule has 1 aromatic heterocycles. The monoisotopic (exact) mass is 381 g/mol. The van der Waals surface area contributed by atoms with E-state index in [1.54, 1.807) is 11.8 Å². The highest BCUT2D eigenvalue weighted by molar-refractivity contribution is 7.98. The van der Waals surface area contributed by atoms with E-state index in [4.69, 9.17) is 9.47 Å². The summed E-state index contributed by atoms with van der Waals surface area (Å²) in [6.07, 6.45) is 1.16. The molecule has 5 nitrogen and oxygen atoms in total. The third-order valence-corrected chi connectivity index (χ3v) is 5.67. The molecule has 1 aliphatic heterocycles. The minimum Gasteiger partial charge on any atom is -0.494 e. The van der Waals surface area contributed by atoms with Gasteiger partial charge in [0.15, 0.2) is 11.0 Å². The van der Waals surface area contributed by atoms with Crippen LogP contribution in [0.2, 0.25) is 0 Å². The lowest BCUT2D eigenvalue weighted by Gasteiger charge is -2.12. The minimum atomic E-state index is 0.226. The molecule has 2 heterocycles. The Hall–Kier alpha value is -2.47. The maximum Gasteiger partial charge on any atom is 0.191 e. The second kappa shape index (κ2) is 7.64.